The number of fused-ring (bicyclic) bond motifs is 1. The molecule has 0 spiro atoms. The Kier molecular flexibility index (Phi) is 2.85. The van der Waals surface area contributed by atoms with E-state index in [2.05, 4.69) is 26.1 Å². The van der Waals surface area contributed by atoms with Gasteiger partial charge in [0.2, 0.25) is 0 Å². The Hall–Kier alpha value is -1.72. The summed E-state index contributed by atoms with van der Waals surface area (Å²) in [6.07, 6.45) is 0. The van der Waals surface area contributed by atoms with Gasteiger partial charge in [0.05, 0.1) is 0 Å². The maximum Gasteiger partial charge on any atom is 0.168 e. The average molecular weight is 303 g/mol. The zero-order chi connectivity index (χ0) is 12.5. The summed E-state index contributed by atoms with van der Waals surface area (Å²) in [6.45, 7) is 0.455. The van der Waals surface area contributed by atoms with E-state index in [0.29, 0.717) is 6.54 Å². The van der Waals surface area contributed by atoms with Crippen molar-refractivity contribution in [2.45, 2.75) is 6.54 Å². The number of nitrogens with zero attached hydrogens (tertiary/aromatic N) is 3. The molecule has 0 unspecified atom stereocenters. The van der Waals surface area contributed by atoms with Gasteiger partial charge in [0.15, 0.2) is 11.5 Å². The Labute approximate surface area is 113 Å². The van der Waals surface area contributed by atoms with E-state index in [-0.39, 0.29) is 0 Å². The van der Waals surface area contributed by atoms with Gasteiger partial charge in [-0.3, -0.25) is 4.40 Å². The maximum absolute atomic E-state index is 5.77. The number of aromatic nitrogens is 3. The lowest BCUT2D eigenvalue weighted by molar-refractivity contribution is 0.946. The molecule has 0 saturated carbocycles. The summed E-state index contributed by atoms with van der Waals surface area (Å²) in [6, 6.07) is 13.8. The number of hydrogen-bond donors (Lipinski definition) is 1. The SMILES string of the molecule is NCc1cccc2nnc(-c3cccc(Br)c3)n12. The molecule has 18 heavy (non-hydrogen) atoms. The van der Waals surface area contributed by atoms with Crippen LogP contribution in [0.1, 0.15) is 5.69 Å². The summed E-state index contributed by atoms with van der Waals surface area (Å²) in [5, 5.41) is 8.43. The standard InChI is InChI=1S/C13H11BrN4/c14-10-4-1-3-9(7-10)13-17-16-12-6-2-5-11(8-15)18(12)13/h1-7H,8,15H2. The van der Waals surface area contributed by atoms with Crippen LogP contribution in [0.15, 0.2) is 46.9 Å². The van der Waals surface area contributed by atoms with E-state index in [1.807, 2.05) is 46.9 Å². The molecule has 0 saturated heterocycles. The van der Waals surface area contributed by atoms with Crippen molar-refractivity contribution in [1.29, 1.82) is 0 Å². The van der Waals surface area contributed by atoms with E-state index >= 15 is 0 Å². The fourth-order valence-electron chi connectivity index (χ4n) is 1.98. The first-order valence-electron chi connectivity index (χ1n) is 5.58. The molecule has 0 amide bonds. The molecule has 0 aliphatic carbocycles. The number of pyridine rings is 1. The van der Waals surface area contributed by atoms with Crippen LogP contribution in [-0.4, -0.2) is 14.6 Å². The predicted octanol–water partition coefficient (Wildman–Crippen LogP) is 2.62. The summed E-state index contributed by atoms with van der Waals surface area (Å²) >= 11 is 3.47. The van der Waals surface area contributed by atoms with Crippen LogP contribution in [0.2, 0.25) is 0 Å². The van der Waals surface area contributed by atoms with Gasteiger partial charge in [-0.15, -0.1) is 10.2 Å². The van der Waals surface area contributed by atoms with E-state index in [4.69, 9.17) is 5.73 Å². The molecular weight excluding hydrogens is 292 g/mol. The van der Waals surface area contributed by atoms with Crippen LogP contribution in [0.25, 0.3) is 17.0 Å². The Balaban J connectivity index is 2.30. The van der Waals surface area contributed by atoms with Gasteiger partial charge in [0, 0.05) is 22.3 Å². The van der Waals surface area contributed by atoms with Gasteiger partial charge in [-0.05, 0) is 24.3 Å². The van der Waals surface area contributed by atoms with Crippen LogP contribution in [0.3, 0.4) is 0 Å². The average Bonchev–Trinajstić information content (AvgIpc) is 2.82. The topological polar surface area (TPSA) is 56.2 Å². The molecule has 0 bridgehead atoms. The van der Waals surface area contributed by atoms with Crippen molar-refractivity contribution in [2.24, 2.45) is 5.73 Å². The lowest BCUT2D eigenvalue weighted by Crippen LogP contribution is -2.04. The monoisotopic (exact) mass is 302 g/mol. The molecule has 0 aliphatic heterocycles. The van der Waals surface area contributed by atoms with Gasteiger partial charge >= 0.3 is 0 Å². The molecule has 0 atom stereocenters. The number of hydrogen-bond acceptors (Lipinski definition) is 3. The van der Waals surface area contributed by atoms with Gasteiger partial charge in [0.25, 0.3) is 0 Å². The van der Waals surface area contributed by atoms with E-state index < -0.39 is 0 Å². The summed E-state index contributed by atoms with van der Waals surface area (Å²) < 4.78 is 3.00. The molecule has 0 radical (unpaired) electrons. The van der Waals surface area contributed by atoms with Crippen LogP contribution >= 0.6 is 15.9 Å². The second-order valence-corrected chi connectivity index (χ2v) is 4.86. The second-order valence-electron chi connectivity index (χ2n) is 3.95. The summed E-state index contributed by atoms with van der Waals surface area (Å²) in [5.74, 6) is 0.812. The Morgan fingerprint density at radius 2 is 1.94 bits per heavy atom. The Morgan fingerprint density at radius 3 is 2.72 bits per heavy atom. The van der Waals surface area contributed by atoms with Gasteiger partial charge in [0.1, 0.15) is 0 Å². The van der Waals surface area contributed by atoms with Crippen LogP contribution < -0.4 is 5.73 Å². The van der Waals surface area contributed by atoms with E-state index in [9.17, 15) is 0 Å². The number of halogens is 1. The first kappa shape index (κ1) is 11.4. The quantitative estimate of drug-likeness (QED) is 0.792. The molecule has 4 nitrogen and oxygen atoms in total. The minimum absolute atomic E-state index is 0.455. The highest BCUT2D eigenvalue weighted by Crippen LogP contribution is 2.23. The van der Waals surface area contributed by atoms with E-state index in [1.54, 1.807) is 0 Å². The lowest BCUT2D eigenvalue weighted by atomic mass is 10.2. The lowest BCUT2D eigenvalue weighted by Gasteiger charge is -2.05. The van der Waals surface area contributed by atoms with Crippen LogP contribution in [0.5, 0.6) is 0 Å². The molecule has 0 fully saturated rings. The zero-order valence-electron chi connectivity index (χ0n) is 9.55. The van der Waals surface area contributed by atoms with Crippen LogP contribution in [-0.2, 0) is 6.54 Å². The Morgan fingerprint density at radius 1 is 1.11 bits per heavy atom. The molecule has 90 valence electrons. The highest BCUT2D eigenvalue weighted by molar-refractivity contribution is 9.10. The first-order chi connectivity index (χ1) is 8.79. The van der Waals surface area contributed by atoms with Crippen molar-refractivity contribution >= 4 is 21.6 Å². The van der Waals surface area contributed by atoms with Gasteiger partial charge < -0.3 is 5.73 Å². The number of benzene rings is 1. The highest BCUT2D eigenvalue weighted by Gasteiger charge is 2.10. The molecule has 1 aromatic carbocycles. The zero-order valence-corrected chi connectivity index (χ0v) is 11.1. The fourth-order valence-corrected chi connectivity index (χ4v) is 2.38. The van der Waals surface area contributed by atoms with E-state index in [1.165, 1.54) is 0 Å². The van der Waals surface area contributed by atoms with Gasteiger partial charge in [-0.2, -0.15) is 0 Å². The van der Waals surface area contributed by atoms with Crippen molar-refractivity contribution in [2.75, 3.05) is 0 Å². The second kappa shape index (κ2) is 4.51. The molecule has 2 aromatic heterocycles. The highest BCUT2D eigenvalue weighted by atomic mass is 79.9. The number of rotatable bonds is 2. The normalized spacial score (nSPS) is 11.0. The third-order valence-corrected chi connectivity index (χ3v) is 3.29. The van der Waals surface area contributed by atoms with Crippen molar-refractivity contribution in [3.63, 3.8) is 0 Å². The fraction of sp³-hybridized carbons (Fsp3) is 0.0769. The van der Waals surface area contributed by atoms with Crippen LogP contribution in [0.4, 0.5) is 0 Å². The Bertz CT molecular complexity index is 705. The molecule has 0 aliphatic rings. The minimum atomic E-state index is 0.455. The largest absolute Gasteiger partial charge is 0.325 e. The van der Waals surface area contributed by atoms with Gasteiger partial charge in [-0.25, -0.2) is 0 Å². The molecular formula is C13H11BrN4. The molecule has 5 heteroatoms. The maximum atomic E-state index is 5.77. The van der Waals surface area contributed by atoms with Crippen molar-refractivity contribution in [1.82, 2.24) is 14.6 Å². The third kappa shape index (κ3) is 1.81. The molecule has 3 aromatic rings. The minimum Gasteiger partial charge on any atom is -0.325 e. The summed E-state index contributed by atoms with van der Waals surface area (Å²) in [4.78, 5) is 0. The first-order valence-corrected chi connectivity index (χ1v) is 6.38. The van der Waals surface area contributed by atoms with Crippen molar-refractivity contribution in [3.8, 4) is 11.4 Å². The summed E-state index contributed by atoms with van der Waals surface area (Å²) in [5.41, 5.74) is 8.58. The van der Waals surface area contributed by atoms with Crippen molar-refractivity contribution in [3.05, 3.63) is 52.6 Å². The van der Waals surface area contributed by atoms with Crippen LogP contribution in [0, 0.1) is 0 Å². The smallest absolute Gasteiger partial charge is 0.168 e. The van der Waals surface area contributed by atoms with E-state index in [0.717, 1.165) is 27.2 Å². The van der Waals surface area contributed by atoms with Gasteiger partial charge in [-0.1, -0.05) is 34.1 Å². The third-order valence-electron chi connectivity index (χ3n) is 2.80. The summed E-state index contributed by atoms with van der Waals surface area (Å²) in [7, 11) is 0. The molecule has 3 rings (SSSR count). The molecule has 2 N–H and O–H groups in total. The number of nitrogens with two attached hydrogens (primary N) is 1. The molecule has 2 heterocycles. The predicted molar refractivity (Wildman–Crippen MR) is 74.0 cm³/mol. The van der Waals surface area contributed by atoms with Crippen molar-refractivity contribution < 1.29 is 0 Å².